The Morgan fingerprint density at radius 3 is 2.17 bits per heavy atom. The molecular weight excluding hydrogens is 302 g/mol. The number of aliphatic hydroxyl groups excluding tert-OH is 1. The molecule has 0 fully saturated rings. The summed E-state index contributed by atoms with van der Waals surface area (Å²) < 4.78 is 5.46. The molecule has 4 nitrogen and oxygen atoms in total. The number of alkyl carbamates (subject to hydrolysis) is 1. The van der Waals surface area contributed by atoms with Crippen molar-refractivity contribution >= 4 is 6.09 Å². The third-order valence-electron chi connectivity index (χ3n) is 4.40. The summed E-state index contributed by atoms with van der Waals surface area (Å²) in [6.45, 7) is 3.87. The van der Waals surface area contributed by atoms with Crippen molar-refractivity contribution < 1.29 is 14.6 Å². The number of nitrogens with one attached hydrogen (secondary N) is 1. The highest BCUT2D eigenvalue weighted by Crippen LogP contribution is 2.44. The number of hydrogen-bond donors (Lipinski definition) is 2. The molecule has 4 heteroatoms. The zero-order chi connectivity index (χ0) is 17.1. The maximum Gasteiger partial charge on any atom is 0.407 e. The van der Waals surface area contributed by atoms with Gasteiger partial charge in [-0.1, -0.05) is 48.5 Å². The molecule has 2 N–H and O–H groups in total. The van der Waals surface area contributed by atoms with Gasteiger partial charge in [0.1, 0.15) is 6.61 Å². The van der Waals surface area contributed by atoms with Crippen molar-refractivity contribution in [3.63, 3.8) is 0 Å². The fourth-order valence-electron chi connectivity index (χ4n) is 3.41. The standard InChI is InChI=1S/C20H23NO3/c1-13(11-14(2)22)21-20(23)24-12-19-17-9-5-3-7-15(17)16-8-4-6-10-18(16)19/h3-10,13-14,19,22H,11-12H2,1-2H3,(H,21,23). The molecule has 24 heavy (non-hydrogen) atoms. The van der Waals surface area contributed by atoms with E-state index in [0.717, 1.165) is 0 Å². The lowest BCUT2D eigenvalue weighted by molar-refractivity contribution is 0.131. The minimum absolute atomic E-state index is 0.0650. The van der Waals surface area contributed by atoms with Gasteiger partial charge in [-0.05, 0) is 42.5 Å². The van der Waals surface area contributed by atoms with Crippen LogP contribution in [0.25, 0.3) is 11.1 Å². The topological polar surface area (TPSA) is 58.6 Å². The van der Waals surface area contributed by atoms with Gasteiger partial charge in [0.15, 0.2) is 0 Å². The average Bonchev–Trinajstić information content (AvgIpc) is 2.86. The summed E-state index contributed by atoms with van der Waals surface area (Å²) in [7, 11) is 0. The van der Waals surface area contributed by atoms with Crippen molar-refractivity contribution in [1.29, 1.82) is 0 Å². The molecule has 0 aliphatic heterocycles. The SMILES string of the molecule is CC(O)CC(C)NC(=O)OCC1c2ccccc2-c2ccccc21. The number of aliphatic hydroxyl groups is 1. The zero-order valence-corrected chi connectivity index (χ0v) is 14.0. The van der Waals surface area contributed by atoms with Crippen LogP contribution in [0.3, 0.4) is 0 Å². The van der Waals surface area contributed by atoms with Gasteiger partial charge in [0.2, 0.25) is 0 Å². The van der Waals surface area contributed by atoms with Crippen LogP contribution in [0.4, 0.5) is 4.79 Å². The summed E-state index contributed by atoms with van der Waals surface area (Å²) in [5, 5.41) is 12.1. The van der Waals surface area contributed by atoms with Crippen molar-refractivity contribution in [2.24, 2.45) is 0 Å². The average molecular weight is 325 g/mol. The Kier molecular flexibility index (Phi) is 4.86. The fourth-order valence-corrected chi connectivity index (χ4v) is 3.41. The minimum atomic E-state index is -0.450. The molecule has 0 saturated heterocycles. The van der Waals surface area contributed by atoms with E-state index in [1.54, 1.807) is 6.92 Å². The molecule has 2 atom stereocenters. The Labute approximate surface area is 142 Å². The third kappa shape index (κ3) is 3.44. The highest BCUT2D eigenvalue weighted by molar-refractivity contribution is 5.79. The molecule has 0 radical (unpaired) electrons. The molecule has 0 bridgehead atoms. The van der Waals surface area contributed by atoms with Crippen LogP contribution >= 0.6 is 0 Å². The van der Waals surface area contributed by atoms with Gasteiger partial charge in [-0.2, -0.15) is 0 Å². The summed E-state index contributed by atoms with van der Waals surface area (Å²) in [4.78, 5) is 12.0. The molecule has 2 aromatic rings. The Hall–Kier alpha value is -2.33. The van der Waals surface area contributed by atoms with Crippen molar-refractivity contribution in [3.05, 3.63) is 59.7 Å². The zero-order valence-electron chi connectivity index (χ0n) is 14.0. The van der Waals surface area contributed by atoms with E-state index in [1.165, 1.54) is 22.3 Å². The van der Waals surface area contributed by atoms with E-state index >= 15 is 0 Å². The molecule has 1 amide bonds. The molecule has 0 saturated carbocycles. The van der Waals surface area contributed by atoms with Crippen LogP contribution in [0.15, 0.2) is 48.5 Å². The van der Waals surface area contributed by atoms with E-state index < -0.39 is 12.2 Å². The third-order valence-corrected chi connectivity index (χ3v) is 4.40. The van der Waals surface area contributed by atoms with Gasteiger partial charge in [-0.15, -0.1) is 0 Å². The monoisotopic (exact) mass is 325 g/mol. The number of ether oxygens (including phenoxy) is 1. The number of hydrogen-bond acceptors (Lipinski definition) is 3. The highest BCUT2D eigenvalue weighted by atomic mass is 16.5. The second kappa shape index (κ2) is 7.05. The van der Waals surface area contributed by atoms with Crippen LogP contribution in [-0.4, -0.2) is 30.0 Å². The van der Waals surface area contributed by atoms with Crippen molar-refractivity contribution in [1.82, 2.24) is 5.32 Å². The van der Waals surface area contributed by atoms with Crippen LogP contribution in [-0.2, 0) is 4.74 Å². The first-order valence-electron chi connectivity index (χ1n) is 8.36. The normalized spacial score (nSPS) is 15.3. The lowest BCUT2D eigenvalue weighted by Crippen LogP contribution is -2.35. The summed E-state index contributed by atoms with van der Waals surface area (Å²) in [6, 6.07) is 16.4. The number of amides is 1. The highest BCUT2D eigenvalue weighted by Gasteiger charge is 2.29. The van der Waals surface area contributed by atoms with Gasteiger partial charge in [-0.25, -0.2) is 4.79 Å². The van der Waals surface area contributed by atoms with Crippen LogP contribution in [0.1, 0.15) is 37.3 Å². The molecule has 0 spiro atoms. The van der Waals surface area contributed by atoms with Gasteiger partial charge < -0.3 is 15.2 Å². The Balaban J connectivity index is 1.68. The number of carbonyl (C=O) groups is 1. The first-order valence-corrected chi connectivity index (χ1v) is 8.36. The summed E-state index contributed by atoms with van der Waals surface area (Å²) in [5.41, 5.74) is 4.82. The molecule has 0 aromatic heterocycles. The smallest absolute Gasteiger partial charge is 0.407 e. The molecule has 1 aliphatic rings. The number of benzene rings is 2. The lowest BCUT2D eigenvalue weighted by atomic mass is 9.98. The Morgan fingerprint density at radius 1 is 1.08 bits per heavy atom. The number of rotatable bonds is 5. The molecule has 1 aliphatic carbocycles. The van der Waals surface area contributed by atoms with Gasteiger partial charge >= 0.3 is 6.09 Å². The molecule has 2 aromatic carbocycles. The van der Waals surface area contributed by atoms with Gasteiger partial charge in [-0.3, -0.25) is 0 Å². The van der Waals surface area contributed by atoms with E-state index in [1.807, 2.05) is 31.2 Å². The van der Waals surface area contributed by atoms with Crippen molar-refractivity contribution in [2.45, 2.75) is 38.3 Å². The molecular formula is C20H23NO3. The summed E-state index contributed by atoms with van der Waals surface area (Å²) >= 11 is 0. The Bertz CT molecular complexity index is 681. The predicted molar refractivity (Wildman–Crippen MR) is 94.0 cm³/mol. The number of fused-ring (bicyclic) bond motifs is 3. The fraction of sp³-hybridized carbons (Fsp3) is 0.350. The maximum atomic E-state index is 12.0. The van der Waals surface area contributed by atoms with Crippen LogP contribution < -0.4 is 5.32 Å². The molecule has 2 unspecified atom stereocenters. The van der Waals surface area contributed by atoms with E-state index in [9.17, 15) is 9.90 Å². The lowest BCUT2D eigenvalue weighted by Gasteiger charge is -2.18. The van der Waals surface area contributed by atoms with E-state index in [-0.39, 0.29) is 12.0 Å². The molecule has 3 rings (SSSR count). The van der Waals surface area contributed by atoms with Gasteiger partial charge in [0, 0.05) is 12.0 Å². The predicted octanol–water partition coefficient (Wildman–Crippen LogP) is 3.68. The van der Waals surface area contributed by atoms with E-state index in [2.05, 4.69) is 29.6 Å². The quantitative estimate of drug-likeness (QED) is 0.881. The van der Waals surface area contributed by atoms with E-state index in [4.69, 9.17) is 4.74 Å². The minimum Gasteiger partial charge on any atom is -0.449 e. The summed E-state index contributed by atoms with van der Waals surface area (Å²) in [6.07, 6.45) is -0.386. The van der Waals surface area contributed by atoms with Crippen LogP contribution in [0.5, 0.6) is 0 Å². The first-order chi connectivity index (χ1) is 11.6. The van der Waals surface area contributed by atoms with E-state index in [0.29, 0.717) is 13.0 Å². The largest absolute Gasteiger partial charge is 0.449 e. The maximum absolute atomic E-state index is 12.0. The van der Waals surface area contributed by atoms with Gasteiger partial charge in [0.25, 0.3) is 0 Å². The van der Waals surface area contributed by atoms with Crippen molar-refractivity contribution in [3.8, 4) is 11.1 Å². The second-order valence-electron chi connectivity index (χ2n) is 6.46. The number of carbonyl (C=O) groups excluding carboxylic acids is 1. The molecule has 0 heterocycles. The summed E-state index contributed by atoms with van der Waals surface area (Å²) in [5.74, 6) is 0.0650. The van der Waals surface area contributed by atoms with Crippen LogP contribution in [0, 0.1) is 0 Å². The van der Waals surface area contributed by atoms with Gasteiger partial charge in [0.05, 0.1) is 6.10 Å². The van der Waals surface area contributed by atoms with Crippen molar-refractivity contribution in [2.75, 3.05) is 6.61 Å². The Morgan fingerprint density at radius 2 is 1.62 bits per heavy atom. The molecule has 126 valence electrons. The second-order valence-corrected chi connectivity index (χ2v) is 6.46. The first kappa shape index (κ1) is 16.5. The van der Waals surface area contributed by atoms with Crippen LogP contribution in [0.2, 0.25) is 0 Å².